The molecular formula is C14H9Br2FN2O5S. The number of ether oxygens (including phenoxy) is 1. The number of thiophene rings is 1. The number of nitro benzene ring substituents is 1. The van der Waals surface area contributed by atoms with Crippen LogP contribution in [-0.4, -0.2) is 22.9 Å². The molecule has 2 rings (SSSR count). The van der Waals surface area contributed by atoms with E-state index in [1.54, 1.807) is 6.07 Å². The first-order chi connectivity index (χ1) is 11.7. The van der Waals surface area contributed by atoms with Crippen LogP contribution in [0, 0.1) is 15.9 Å². The maximum absolute atomic E-state index is 13.3. The van der Waals surface area contributed by atoms with E-state index in [2.05, 4.69) is 37.2 Å². The van der Waals surface area contributed by atoms with Crippen LogP contribution in [0.25, 0.3) is 0 Å². The molecule has 0 spiro atoms. The van der Waals surface area contributed by atoms with Crippen molar-refractivity contribution in [3.63, 3.8) is 0 Å². The van der Waals surface area contributed by atoms with Gasteiger partial charge in [0.05, 0.1) is 8.71 Å². The van der Waals surface area contributed by atoms with Gasteiger partial charge >= 0.3 is 11.7 Å². The Kier molecular flexibility index (Phi) is 6.25. The molecule has 1 heterocycles. The topological polar surface area (TPSA) is 98.5 Å². The summed E-state index contributed by atoms with van der Waals surface area (Å²) in [6, 6.07) is 4.47. The van der Waals surface area contributed by atoms with Gasteiger partial charge in [-0.2, -0.15) is 4.39 Å². The van der Waals surface area contributed by atoms with Gasteiger partial charge < -0.3 is 10.1 Å². The van der Waals surface area contributed by atoms with E-state index in [9.17, 15) is 24.1 Å². The molecule has 1 unspecified atom stereocenters. The quantitative estimate of drug-likeness (QED) is 0.374. The lowest BCUT2D eigenvalue weighted by Crippen LogP contribution is -2.29. The smallest absolute Gasteiger partial charge is 0.349 e. The maximum Gasteiger partial charge on any atom is 0.349 e. The summed E-state index contributed by atoms with van der Waals surface area (Å²) in [5.74, 6) is -2.41. The summed E-state index contributed by atoms with van der Waals surface area (Å²) >= 11 is 7.62. The van der Waals surface area contributed by atoms with Crippen molar-refractivity contribution >= 4 is 66.4 Å². The lowest BCUT2D eigenvalue weighted by molar-refractivity contribution is -0.387. The van der Waals surface area contributed by atoms with Crippen LogP contribution in [0.3, 0.4) is 0 Å². The van der Waals surface area contributed by atoms with E-state index in [4.69, 9.17) is 4.74 Å². The van der Waals surface area contributed by atoms with E-state index in [1.807, 2.05) is 0 Å². The summed E-state index contributed by atoms with van der Waals surface area (Å²) in [7, 11) is 0. The predicted octanol–water partition coefficient (Wildman–Crippen LogP) is 4.50. The summed E-state index contributed by atoms with van der Waals surface area (Å²) in [5.41, 5.74) is -0.752. The zero-order valence-corrected chi connectivity index (χ0v) is 16.4. The molecule has 0 bridgehead atoms. The van der Waals surface area contributed by atoms with Crippen molar-refractivity contribution in [2.75, 3.05) is 5.32 Å². The Hall–Kier alpha value is -1.85. The van der Waals surface area contributed by atoms with Crippen LogP contribution in [0.2, 0.25) is 0 Å². The van der Waals surface area contributed by atoms with Gasteiger partial charge in [0, 0.05) is 16.2 Å². The van der Waals surface area contributed by atoms with Crippen LogP contribution in [0.5, 0.6) is 0 Å². The molecule has 25 heavy (non-hydrogen) atoms. The number of anilines is 1. The van der Waals surface area contributed by atoms with E-state index in [1.165, 1.54) is 13.0 Å². The van der Waals surface area contributed by atoms with Gasteiger partial charge in [0.15, 0.2) is 6.10 Å². The normalized spacial score (nSPS) is 11.7. The average molecular weight is 496 g/mol. The Morgan fingerprint density at radius 3 is 2.60 bits per heavy atom. The van der Waals surface area contributed by atoms with Gasteiger partial charge in [-0.1, -0.05) is 0 Å². The molecular weight excluding hydrogens is 487 g/mol. The zero-order chi connectivity index (χ0) is 18.7. The van der Waals surface area contributed by atoms with Gasteiger partial charge in [-0.3, -0.25) is 14.9 Å². The molecule has 11 heteroatoms. The summed E-state index contributed by atoms with van der Waals surface area (Å²) in [5, 5.41) is 13.0. The molecule has 0 radical (unpaired) electrons. The minimum atomic E-state index is -1.16. The van der Waals surface area contributed by atoms with Gasteiger partial charge in [0.1, 0.15) is 4.88 Å². The Bertz CT molecular complexity index is 838. The summed E-state index contributed by atoms with van der Waals surface area (Å²) in [6.45, 7) is 1.35. The number of esters is 1. The number of carbonyl (C=O) groups excluding carboxylic acids is 2. The standard InChI is InChI=1S/C14H9Br2FN2O5S/c1-6(24-14(21)11-5-8(15)12(16)25-11)13(20)18-7-2-3-9(17)10(4-7)19(22)23/h2-6H,1H3,(H,18,20). The van der Waals surface area contributed by atoms with E-state index < -0.39 is 34.4 Å². The molecule has 1 aromatic carbocycles. The van der Waals surface area contributed by atoms with Crippen molar-refractivity contribution < 1.29 is 23.6 Å². The number of nitro groups is 1. The second-order valence-electron chi connectivity index (χ2n) is 4.69. The molecule has 1 amide bonds. The lowest BCUT2D eigenvalue weighted by Gasteiger charge is -2.13. The molecule has 0 saturated heterocycles. The van der Waals surface area contributed by atoms with Crippen molar-refractivity contribution in [2.24, 2.45) is 0 Å². The monoisotopic (exact) mass is 494 g/mol. The number of hydrogen-bond acceptors (Lipinski definition) is 6. The van der Waals surface area contributed by atoms with Gasteiger partial charge in [0.25, 0.3) is 5.91 Å². The molecule has 1 atom stereocenters. The summed E-state index contributed by atoms with van der Waals surface area (Å²) in [4.78, 5) is 34.1. The van der Waals surface area contributed by atoms with Crippen LogP contribution >= 0.6 is 43.2 Å². The first-order valence-electron chi connectivity index (χ1n) is 6.59. The molecule has 0 saturated carbocycles. The largest absolute Gasteiger partial charge is 0.448 e. The molecule has 0 fully saturated rings. The van der Waals surface area contributed by atoms with Gasteiger partial charge in [-0.25, -0.2) is 4.79 Å². The fourth-order valence-electron chi connectivity index (χ4n) is 1.69. The molecule has 2 aromatic rings. The first kappa shape index (κ1) is 19.5. The average Bonchev–Trinajstić information content (AvgIpc) is 2.88. The Labute approximate surface area is 161 Å². The number of hydrogen-bond donors (Lipinski definition) is 1. The number of amides is 1. The number of halogens is 3. The summed E-state index contributed by atoms with van der Waals surface area (Å²) < 4.78 is 19.7. The van der Waals surface area contributed by atoms with Crippen LogP contribution in [0.15, 0.2) is 32.5 Å². The highest BCUT2D eigenvalue weighted by Gasteiger charge is 2.22. The van der Waals surface area contributed by atoms with E-state index in [0.717, 1.165) is 23.5 Å². The van der Waals surface area contributed by atoms with Gasteiger partial charge in [-0.05, 0) is 57.0 Å². The maximum atomic E-state index is 13.3. The molecule has 1 aromatic heterocycles. The number of benzene rings is 1. The van der Waals surface area contributed by atoms with Crippen LogP contribution in [0.4, 0.5) is 15.8 Å². The van der Waals surface area contributed by atoms with Crippen LogP contribution in [0.1, 0.15) is 16.6 Å². The number of nitrogens with one attached hydrogen (secondary N) is 1. The minimum Gasteiger partial charge on any atom is -0.448 e. The minimum absolute atomic E-state index is 0.0163. The van der Waals surface area contributed by atoms with Crippen molar-refractivity contribution in [1.29, 1.82) is 0 Å². The molecule has 1 N–H and O–H groups in total. The Morgan fingerprint density at radius 1 is 1.36 bits per heavy atom. The fraction of sp³-hybridized carbons (Fsp3) is 0.143. The third kappa shape index (κ3) is 4.83. The van der Waals surface area contributed by atoms with Crippen molar-refractivity contribution in [2.45, 2.75) is 13.0 Å². The van der Waals surface area contributed by atoms with Crippen molar-refractivity contribution in [3.8, 4) is 0 Å². The lowest BCUT2D eigenvalue weighted by atomic mass is 10.2. The second-order valence-corrected chi connectivity index (χ2v) is 7.92. The molecule has 0 aliphatic heterocycles. The zero-order valence-electron chi connectivity index (χ0n) is 12.4. The number of rotatable bonds is 5. The first-order valence-corrected chi connectivity index (χ1v) is 9.00. The van der Waals surface area contributed by atoms with Gasteiger partial charge in [0.2, 0.25) is 5.82 Å². The Morgan fingerprint density at radius 2 is 2.04 bits per heavy atom. The van der Waals surface area contributed by atoms with Crippen LogP contribution < -0.4 is 5.32 Å². The SMILES string of the molecule is CC(OC(=O)c1cc(Br)c(Br)s1)C(=O)Nc1ccc(F)c([N+](=O)[O-])c1. The highest BCUT2D eigenvalue weighted by molar-refractivity contribution is 9.13. The Balaban J connectivity index is 2.04. The predicted molar refractivity (Wildman–Crippen MR) is 96.3 cm³/mol. The van der Waals surface area contributed by atoms with E-state index in [0.29, 0.717) is 8.26 Å². The highest BCUT2D eigenvalue weighted by atomic mass is 79.9. The van der Waals surface area contributed by atoms with Crippen LogP contribution in [-0.2, 0) is 9.53 Å². The molecule has 132 valence electrons. The van der Waals surface area contributed by atoms with Crippen molar-refractivity contribution in [3.05, 3.63) is 53.3 Å². The third-order valence-electron chi connectivity index (χ3n) is 2.91. The molecule has 0 aliphatic rings. The fourth-order valence-corrected chi connectivity index (χ4v) is 3.61. The van der Waals surface area contributed by atoms with Gasteiger partial charge in [-0.15, -0.1) is 11.3 Å². The second kappa shape index (κ2) is 8.02. The summed E-state index contributed by atoms with van der Waals surface area (Å²) in [6.07, 6.45) is -1.16. The van der Waals surface area contributed by atoms with E-state index >= 15 is 0 Å². The van der Waals surface area contributed by atoms with Crippen molar-refractivity contribution in [1.82, 2.24) is 0 Å². The molecule has 0 aliphatic carbocycles. The molecule has 7 nitrogen and oxygen atoms in total. The van der Waals surface area contributed by atoms with E-state index in [-0.39, 0.29) is 10.6 Å². The third-order valence-corrected chi connectivity index (χ3v) is 6.15. The number of carbonyl (C=O) groups is 2. The number of nitrogens with zero attached hydrogens (tertiary/aromatic N) is 1. The highest BCUT2D eigenvalue weighted by Crippen LogP contribution is 2.32.